The Labute approximate surface area is 120 Å². The zero-order valence-electron chi connectivity index (χ0n) is 10.6. The number of hydrogen-bond acceptors (Lipinski definition) is 3. The Morgan fingerprint density at radius 2 is 2.15 bits per heavy atom. The van der Waals surface area contributed by atoms with Crippen LogP contribution in [-0.2, 0) is 0 Å². The number of carboxylic acids is 1. The lowest BCUT2D eigenvalue weighted by atomic mass is 10.1. The van der Waals surface area contributed by atoms with Gasteiger partial charge in [0, 0.05) is 0 Å². The largest absolute Gasteiger partial charge is 0.476 e. The highest BCUT2D eigenvalue weighted by Crippen LogP contribution is 2.21. The normalized spacial score (nSPS) is 11.9. The van der Waals surface area contributed by atoms with E-state index in [2.05, 4.69) is 10.3 Å². The third-order valence-corrected chi connectivity index (χ3v) is 3.07. The SMILES string of the molecule is CC(Nc1ccc(Cl)c(C(=O)O)n1)c1cccc(F)c1. The van der Waals surface area contributed by atoms with Gasteiger partial charge in [-0.2, -0.15) is 0 Å². The van der Waals surface area contributed by atoms with E-state index in [-0.39, 0.29) is 22.6 Å². The maximum atomic E-state index is 13.2. The maximum Gasteiger partial charge on any atom is 0.356 e. The standard InChI is InChI=1S/C14H12ClFN2O2/c1-8(9-3-2-4-10(16)7-9)17-12-6-5-11(15)13(18-12)14(19)20/h2-8H,1H3,(H,17,18)(H,19,20). The number of carboxylic acid groups (broad SMARTS) is 1. The molecule has 0 aliphatic heterocycles. The van der Waals surface area contributed by atoms with Crippen LogP contribution in [0.15, 0.2) is 36.4 Å². The van der Waals surface area contributed by atoms with Crippen molar-refractivity contribution in [3.05, 3.63) is 58.5 Å². The predicted molar refractivity (Wildman–Crippen MR) is 74.6 cm³/mol. The van der Waals surface area contributed by atoms with E-state index in [9.17, 15) is 9.18 Å². The molecule has 2 rings (SSSR count). The van der Waals surface area contributed by atoms with Crippen molar-refractivity contribution in [3.63, 3.8) is 0 Å². The third-order valence-electron chi connectivity index (χ3n) is 2.76. The molecule has 0 fully saturated rings. The van der Waals surface area contributed by atoms with E-state index in [0.29, 0.717) is 5.82 Å². The molecule has 0 spiro atoms. The van der Waals surface area contributed by atoms with Crippen molar-refractivity contribution in [2.45, 2.75) is 13.0 Å². The Morgan fingerprint density at radius 3 is 2.80 bits per heavy atom. The molecule has 6 heteroatoms. The molecule has 1 atom stereocenters. The van der Waals surface area contributed by atoms with E-state index in [1.807, 2.05) is 6.92 Å². The molecule has 4 nitrogen and oxygen atoms in total. The van der Waals surface area contributed by atoms with Crippen molar-refractivity contribution in [1.29, 1.82) is 0 Å². The Kier molecular flexibility index (Phi) is 4.20. The average molecular weight is 295 g/mol. The first-order valence-corrected chi connectivity index (χ1v) is 6.27. The second-order valence-corrected chi connectivity index (χ2v) is 4.66. The molecule has 0 radical (unpaired) electrons. The van der Waals surface area contributed by atoms with Gasteiger partial charge in [-0.1, -0.05) is 23.7 Å². The van der Waals surface area contributed by atoms with Gasteiger partial charge in [0.15, 0.2) is 5.69 Å². The predicted octanol–water partition coefficient (Wildman–Crippen LogP) is 3.75. The van der Waals surface area contributed by atoms with E-state index >= 15 is 0 Å². The van der Waals surface area contributed by atoms with Crippen molar-refractivity contribution in [3.8, 4) is 0 Å². The van der Waals surface area contributed by atoms with Crippen molar-refractivity contribution in [1.82, 2.24) is 4.98 Å². The molecule has 2 aromatic rings. The minimum Gasteiger partial charge on any atom is -0.476 e. The minimum absolute atomic E-state index is 0.0708. The Balaban J connectivity index is 2.22. The highest BCUT2D eigenvalue weighted by molar-refractivity contribution is 6.33. The van der Waals surface area contributed by atoms with Gasteiger partial charge in [0.2, 0.25) is 0 Å². The van der Waals surface area contributed by atoms with Crippen LogP contribution in [0.4, 0.5) is 10.2 Å². The number of rotatable bonds is 4. The zero-order chi connectivity index (χ0) is 14.7. The third kappa shape index (κ3) is 3.24. The van der Waals surface area contributed by atoms with E-state index in [1.165, 1.54) is 18.2 Å². The lowest BCUT2D eigenvalue weighted by Crippen LogP contribution is -2.10. The fourth-order valence-electron chi connectivity index (χ4n) is 1.75. The van der Waals surface area contributed by atoms with Crippen LogP contribution in [0.2, 0.25) is 5.02 Å². The second kappa shape index (κ2) is 5.88. The fraction of sp³-hybridized carbons (Fsp3) is 0.143. The summed E-state index contributed by atoms with van der Waals surface area (Å²) in [5.74, 6) is -1.16. The number of nitrogens with one attached hydrogen (secondary N) is 1. The number of aromatic carboxylic acids is 1. The van der Waals surface area contributed by atoms with E-state index in [4.69, 9.17) is 16.7 Å². The van der Waals surface area contributed by atoms with Gasteiger partial charge in [0.1, 0.15) is 11.6 Å². The Bertz CT molecular complexity index is 649. The second-order valence-electron chi connectivity index (χ2n) is 4.25. The topological polar surface area (TPSA) is 62.2 Å². The molecule has 1 aromatic heterocycles. The van der Waals surface area contributed by atoms with Crippen LogP contribution in [0.3, 0.4) is 0 Å². The highest BCUT2D eigenvalue weighted by atomic mass is 35.5. The van der Waals surface area contributed by atoms with Crippen molar-refractivity contribution < 1.29 is 14.3 Å². The van der Waals surface area contributed by atoms with Gasteiger partial charge in [-0.15, -0.1) is 0 Å². The minimum atomic E-state index is -1.20. The molecule has 1 unspecified atom stereocenters. The van der Waals surface area contributed by atoms with Gasteiger partial charge in [-0.25, -0.2) is 14.2 Å². The summed E-state index contributed by atoms with van der Waals surface area (Å²) in [5, 5.41) is 12.0. The average Bonchev–Trinajstić information content (AvgIpc) is 2.40. The number of hydrogen-bond donors (Lipinski definition) is 2. The van der Waals surface area contributed by atoms with Crippen LogP contribution in [0.5, 0.6) is 0 Å². The van der Waals surface area contributed by atoms with Gasteiger partial charge in [-0.3, -0.25) is 0 Å². The van der Waals surface area contributed by atoms with Crippen molar-refractivity contribution in [2.24, 2.45) is 0 Å². The van der Waals surface area contributed by atoms with Crippen molar-refractivity contribution in [2.75, 3.05) is 5.32 Å². The lowest BCUT2D eigenvalue weighted by molar-refractivity contribution is 0.0691. The zero-order valence-corrected chi connectivity index (χ0v) is 11.4. The first-order chi connectivity index (χ1) is 9.47. The molecule has 1 aromatic carbocycles. The first kappa shape index (κ1) is 14.3. The molecule has 0 bridgehead atoms. The van der Waals surface area contributed by atoms with Crippen LogP contribution in [0, 0.1) is 5.82 Å². The van der Waals surface area contributed by atoms with Gasteiger partial charge in [-0.05, 0) is 36.8 Å². The number of benzene rings is 1. The summed E-state index contributed by atoms with van der Waals surface area (Å²) in [6.45, 7) is 1.82. The molecule has 1 heterocycles. The Morgan fingerprint density at radius 1 is 1.40 bits per heavy atom. The number of halogens is 2. The van der Waals surface area contributed by atoms with Gasteiger partial charge in [0.05, 0.1) is 11.1 Å². The summed E-state index contributed by atoms with van der Waals surface area (Å²) in [7, 11) is 0. The van der Waals surface area contributed by atoms with E-state index in [0.717, 1.165) is 5.56 Å². The summed E-state index contributed by atoms with van der Waals surface area (Å²) >= 11 is 5.74. The summed E-state index contributed by atoms with van der Waals surface area (Å²) < 4.78 is 13.2. The number of aromatic nitrogens is 1. The van der Waals surface area contributed by atoms with Gasteiger partial charge < -0.3 is 10.4 Å². The number of pyridine rings is 1. The summed E-state index contributed by atoms with van der Waals surface area (Å²) in [4.78, 5) is 14.9. The molecule has 0 saturated carbocycles. The highest BCUT2D eigenvalue weighted by Gasteiger charge is 2.13. The Hall–Kier alpha value is -2.14. The van der Waals surface area contributed by atoms with Crippen LogP contribution in [-0.4, -0.2) is 16.1 Å². The molecule has 0 amide bonds. The van der Waals surface area contributed by atoms with Crippen LogP contribution >= 0.6 is 11.6 Å². The first-order valence-electron chi connectivity index (χ1n) is 5.89. The van der Waals surface area contributed by atoms with Crippen LogP contribution < -0.4 is 5.32 Å². The summed E-state index contributed by atoms with van der Waals surface area (Å²) in [6.07, 6.45) is 0. The molecular weight excluding hydrogens is 283 g/mol. The number of nitrogens with zero attached hydrogens (tertiary/aromatic N) is 1. The van der Waals surface area contributed by atoms with E-state index < -0.39 is 5.97 Å². The van der Waals surface area contributed by atoms with Crippen LogP contribution in [0.1, 0.15) is 29.0 Å². The molecule has 0 aliphatic carbocycles. The summed E-state index contributed by atoms with van der Waals surface area (Å²) in [6, 6.07) is 8.96. The molecule has 0 aliphatic rings. The summed E-state index contributed by atoms with van der Waals surface area (Å²) in [5.41, 5.74) is 0.515. The molecule has 104 valence electrons. The van der Waals surface area contributed by atoms with Gasteiger partial charge in [0.25, 0.3) is 0 Å². The quantitative estimate of drug-likeness (QED) is 0.901. The van der Waals surface area contributed by atoms with Crippen LogP contribution in [0.25, 0.3) is 0 Å². The smallest absolute Gasteiger partial charge is 0.356 e. The number of carbonyl (C=O) groups is 1. The molecule has 2 N–H and O–H groups in total. The maximum absolute atomic E-state index is 13.2. The fourth-order valence-corrected chi connectivity index (χ4v) is 1.94. The number of anilines is 1. The lowest BCUT2D eigenvalue weighted by Gasteiger charge is -2.15. The monoisotopic (exact) mass is 294 g/mol. The molecule has 0 saturated heterocycles. The van der Waals surface area contributed by atoms with E-state index in [1.54, 1.807) is 18.2 Å². The molecule has 20 heavy (non-hydrogen) atoms. The van der Waals surface area contributed by atoms with Gasteiger partial charge >= 0.3 is 5.97 Å². The molecular formula is C14H12ClFN2O2. The van der Waals surface area contributed by atoms with Crippen molar-refractivity contribution >= 4 is 23.4 Å².